The number of nitrogens with zero attached hydrogens (tertiary/aromatic N) is 1. The largest absolute Gasteiger partial charge is 0.353 e. The van der Waals surface area contributed by atoms with Gasteiger partial charge < -0.3 is 16.0 Å². The van der Waals surface area contributed by atoms with E-state index in [1.807, 2.05) is 0 Å². The van der Waals surface area contributed by atoms with E-state index in [9.17, 15) is 4.79 Å². The number of hydrogen-bond donors (Lipinski definition) is 2. The average molecular weight is 264 g/mol. The van der Waals surface area contributed by atoms with Crippen molar-refractivity contribution in [2.24, 2.45) is 5.73 Å². The van der Waals surface area contributed by atoms with E-state index in [1.165, 1.54) is 32.1 Å². The predicted molar refractivity (Wildman–Crippen MR) is 73.4 cm³/mol. The Morgan fingerprint density at radius 2 is 1.88 bits per heavy atom. The summed E-state index contributed by atoms with van der Waals surface area (Å²) in [5, 5.41) is 2.97. The number of nitrogens with two attached hydrogens (primary N) is 1. The summed E-state index contributed by atoms with van der Waals surface area (Å²) < 4.78 is 0. The first-order valence-corrected chi connectivity index (χ1v) is 6.19. The number of rotatable bonds is 4. The van der Waals surface area contributed by atoms with E-state index >= 15 is 0 Å². The van der Waals surface area contributed by atoms with Crippen molar-refractivity contribution in [1.29, 1.82) is 0 Å². The van der Waals surface area contributed by atoms with Gasteiger partial charge in [0.25, 0.3) is 0 Å². The molecule has 5 heteroatoms. The fourth-order valence-electron chi connectivity index (χ4n) is 2.40. The van der Waals surface area contributed by atoms with Crippen molar-refractivity contribution in [1.82, 2.24) is 10.2 Å². The molecule has 0 aliphatic heterocycles. The van der Waals surface area contributed by atoms with Crippen LogP contribution in [0.2, 0.25) is 0 Å². The Bertz CT molecular complexity index is 238. The van der Waals surface area contributed by atoms with Gasteiger partial charge in [0, 0.05) is 12.1 Å². The minimum atomic E-state index is -0.414. The SMILES string of the molecule is C[C@H](N)C(=O)NCC1(N(C)C)CCCCC1.Cl. The Labute approximate surface area is 111 Å². The van der Waals surface area contributed by atoms with E-state index in [4.69, 9.17) is 5.73 Å². The number of halogens is 1. The lowest BCUT2D eigenvalue weighted by Gasteiger charge is -2.43. The lowest BCUT2D eigenvalue weighted by Crippen LogP contribution is -2.55. The molecule has 1 atom stereocenters. The zero-order valence-electron chi connectivity index (χ0n) is 11.2. The molecule has 1 aliphatic rings. The first kappa shape index (κ1) is 16.7. The molecular weight excluding hydrogens is 238 g/mol. The smallest absolute Gasteiger partial charge is 0.236 e. The van der Waals surface area contributed by atoms with Crippen LogP contribution >= 0.6 is 12.4 Å². The van der Waals surface area contributed by atoms with Crippen molar-refractivity contribution >= 4 is 18.3 Å². The molecule has 0 heterocycles. The van der Waals surface area contributed by atoms with Crippen LogP contribution in [-0.4, -0.2) is 43.0 Å². The lowest BCUT2D eigenvalue weighted by atomic mass is 9.80. The van der Waals surface area contributed by atoms with Gasteiger partial charge in [0.15, 0.2) is 0 Å². The molecule has 17 heavy (non-hydrogen) atoms. The van der Waals surface area contributed by atoms with Crippen LogP contribution in [0.15, 0.2) is 0 Å². The number of carbonyl (C=O) groups excluding carboxylic acids is 1. The Balaban J connectivity index is 0.00000256. The van der Waals surface area contributed by atoms with E-state index < -0.39 is 6.04 Å². The molecule has 1 amide bonds. The van der Waals surface area contributed by atoms with Gasteiger partial charge in [-0.05, 0) is 33.9 Å². The van der Waals surface area contributed by atoms with Crippen LogP contribution in [0.5, 0.6) is 0 Å². The van der Waals surface area contributed by atoms with Crippen LogP contribution in [0.4, 0.5) is 0 Å². The summed E-state index contributed by atoms with van der Waals surface area (Å²) >= 11 is 0. The second-order valence-corrected chi connectivity index (χ2v) is 5.19. The van der Waals surface area contributed by atoms with Crippen LogP contribution in [0.1, 0.15) is 39.0 Å². The third-order valence-electron chi connectivity index (χ3n) is 3.74. The Kier molecular flexibility index (Phi) is 7.05. The summed E-state index contributed by atoms with van der Waals surface area (Å²) in [6, 6.07) is -0.414. The molecule has 0 spiro atoms. The normalized spacial score (nSPS) is 20.5. The van der Waals surface area contributed by atoms with E-state index in [1.54, 1.807) is 6.92 Å². The molecule has 1 fully saturated rings. The summed E-state index contributed by atoms with van der Waals surface area (Å²) in [5.74, 6) is -0.0493. The van der Waals surface area contributed by atoms with Crippen molar-refractivity contribution < 1.29 is 4.79 Å². The molecule has 1 rings (SSSR count). The van der Waals surface area contributed by atoms with Gasteiger partial charge >= 0.3 is 0 Å². The van der Waals surface area contributed by atoms with Gasteiger partial charge in [-0.3, -0.25) is 4.79 Å². The maximum Gasteiger partial charge on any atom is 0.236 e. The fourth-order valence-corrected chi connectivity index (χ4v) is 2.40. The third kappa shape index (κ3) is 4.45. The molecule has 3 N–H and O–H groups in total. The molecule has 4 nitrogen and oxygen atoms in total. The second-order valence-electron chi connectivity index (χ2n) is 5.19. The van der Waals surface area contributed by atoms with Gasteiger partial charge in [0.2, 0.25) is 5.91 Å². The quantitative estimate of drug-likeness (QED) is 0.800. The minimum Gasteiger partial charge on any atom is -0.353 e. The molecule has 0 bridgehead atoms. The molecular formula is C12H26ClN3O. The number of hydrogen-bond acceptors (Lipinski definition) is 3. The molecule has 0 aromatic heterocycles. The highest BCUT2D eigenvalue weighted by molar-refractivity contribution is 5.85. The molecule has 102 valence electrons. The van der Waals surface area contributed by atoms with Gasteiger partial charge in [0.05, 0.1) is 6.04 Å². The zero-order chi connectivity index (χ0) is 12.2. The van der Waals surface area contributed by atoms with Crippen molar-refractivity contribution in [2.75, 3.05) is 20.6 Å². The van der Waals surface area contributed by atoms with E-state index in [0.717, 1.165) is 6.54 Å². The number of amides is 1. The van der Waals surface area contributed by atoms with Crippen LogP contribution in [-0.2, 0) is 4.79 Å². The van der Waals surface area contributed by atoms with Gasteiger partial charge in [-0.2, -0.15) is 0 Å². The third-order valence-corrected chi connectivity index (χ3v) is 3.74. The topological polar surface area (TPSA) is 58.4 Å². The zero-order valence-corrected chi connectivity index (χ0v) is 12.0. The van der Waals surface area contributed by atoms with Crippen LogP contribution < -0.4 is 11.1 Å². The Morgan fingerprint density at radius 1 is 1.35 bits per heavy atom. The number of carbonyl (C=O) groups is 1. The molecule has 0 radical (unpaired) electrons. The highest BCUT2D eigenvalue weighted by Crippen LogP contribution is 2.31. The highest BCUT2D eigenvalue weighted by atomic mass is 35.5. The maximum absolute atomic E-state index is 11.5. The first-order valence-electron chi connectivity index (χ1n) is 6.19. The molecule has 0 aromatic carbocycles. The Morgan fingerprint density at radius 3 is 2.29 bits per heavy atom. The van der Waals surface area contributed by atoms with Gasteiger partial charge in [-0.1, -0.05) is 19.3 Å². The van der Waals surface area contributed by atoms with Crippen molar-refractivity contribution in [3.8, 4) is 0 Å². The molecule has 1 aliphatic carbocycles. The van der Waals surface area contributed by atoms with Gasteiger partial charge in [-0.25, -0.2) is 0 Å². The molecule has 0 aromatic rings. The van der Waals surface area contributed by atoms with E-state index in [-0.39, 0.29) is 23.9 Å². The van der Waals surface area contributed by atoms with Crippen LogP contribution in [0.25, 0.3) is 0 Å². The summed E-state index contributed by atoms with van der Waals surface area (Å²) in [6.45, 7) is 2.44. The van der Waals surface area contributed by atoms with E-state index in [0.29, 0.717) is 0 Å². The van der Waals surface area contributed by atoms with Crippen molar-refractivity contribution in [2.45, 2.75) is 50.6 Å². The standard InChI is InChI=1S/C12H25N3O.ClH/c1-10(13)11(16)14-9-12(15(2)3)7-5-4-6-8-12;/h10H,4-9,13H2,1-3H3,(H,14,16);1H/t10-;/m0./s1. The van der Waals surface area contributed by atoms with E-state index in [2.05, 4.69) is 24.3 Å². The Hall–Kier alpha value is -0.320. The van der Waals surface area contributed by atoms with Crippen LogP contribution in [0.3, 0.4) is 0 Å². The maximum atomic E-state index is 11.5. The highest BCUT2D eigenvalue weighted by Gasteiger charge is 2.34. The second kappa shape index (κ2) is 7.19. The summed E-state index contributed by atoms with van der Waals surface area (Å²) in [6.07, 6.45) is 6.16. The van der Waals surface area contributed by atoms with Gasteiger partial charge in [-0.15, -0.1) is 12.4 Å². The van der Waals surface area contributed by atoms with Crippen molar-refractivity contribution in [3.05, 3.63) is 0 Å². The molecule has 0 unspecified atom stereocenters. The minimum absolute atomic E-state index is 0. The molecule has 0 saturated heterocycles. The average Bonchev–Trinajstić information content (AvgIpc) is 2.26. The van der Waals surface area contributed by atoms with Gasteiger partial charge in [0.1, 0.15) is 0 Å². The summed E-state index contributed by atoms with van der Waals surface area (Å²) in [4.78, 5) is 13.8. The predicted octanol–water partition coefficient (Wildman–Crippen LogP) is 1.14. The number of likely N-dealkylation sites (N-methyl/N-ethyl adjacent to an activating group) is 1. The molecule has 1 saturated carbocycles. The first-order chi connectivity index (χ1) is 7.48. The van der Waals surface area contributed by atoms with Crippen LogP contribution in [0, 0.1) is 0 Å². The lowest BCUT2D eigenvalue weighted by molar-refractivity contribution is -0.122. The fraction of sp³-hybridized carbons (Fsp3) is 0.917. The monoisotopic (exact) mass is 263 g/mol. The summed E-state index contributed by atoms with van der Waals surface area (Å²) in [5.41, 5.74) is 5.69. The summed E-state index contributed by atoms with van der Waals surface area (Å²) in [7, 11) is 4.20. The number of nitrogens with one attached hydrogen (secondary N) is 1. The van der Waals surface area contributed by atoms with Crippen molar-refractivity contribution in [3.63, 3.8) is 0 Å².